The Morgan fingerprint density at radius 3 is 2.55 bits per heavy atom. The first-order valence-electron chi connectivity index (χ1n) is 7.54. The van der Waals surface area contributed by atoms with Crippen LogP contribution in [0.2, 0.25) is 0 Å². The van der Waals surface area contributed by atoms with Crippen LogP contribution in [0, 0.1) is 12.7 Å². The van der Waals surface area contributed by atoms with Crippen LogP contribution < -0.4 is 5.32 Å². The summed E-state index contributed by atoms with van der Waals surface area (Å²) in [6.45, 7) is 1.60. The van der Waals surface area contributed by atoms with Crippen molar-refractivity contribution < 1.29 is 19.1 Å². The number of aliphatic hydroxyl groups is 1. The summed E-state index contributed by atoms with van der Waals surface area (Å²) in [6, 6.07) is 4.48. The van der Waals surface area contributed by atoms with Crippen LogP contribution in [0.1, 0.15) is 31.2 Å². The van der Waals surface area contributed by atoms with Crippen molar-refractivity contribution in [1.29, 1.82) is 0 Å². The standard InChI is InChI=1S/C16H19FN2O3/c1-9-3-2-4-13(14(9)17)18-15(21)16(22)19-10-5-6-11(19)8-12(20)7-10/h2-4,10-12,20H,5-8H2,1H3,(H,18,21). The lowest BCUT2D eigenvalue weighted by Gasteiger charge is -2.36. The average Bonchev–Trinajstić information content (AvgIpc) is 2.75. The van der Waals surface area contributed by atoms with Gasteiger partial charge in [0.1, 0.15) is 5.82 Å². The first kappa shape index (κ1) is 15.0. The molecule has 2 amide bonds. The molecule has 2 aliphatic heterocycles. The summed E-state index contributed by atoms with van der Waals surface area (Å²) in [5.74, 6) is -1.99. The fourth-order valence-corrected chi connectivity index (χ4v) is 3.52. The number of halogens is 1. The lowest BCUT2D eigenvalue weighted by molar-refractivity contribution is -0.147. The van der Waals surface area contributed by atoms with Crippen LogP contribution in [0.4, 0.5) is 10.1 Å². The quantitative estimate of drug-likeness (QED) is 0.774. The van der Waals surface area contributed by atoms with Gasteiger partial charge in [-0.1, -0.05) is 12.1 Å². The number of hydrogen-bond acceptors (Lipinski definition) is 3. The van der Waals surface area contributed by atoms with Gasteiger partial charge in [0.2, 0.25) is 0 Å². The second kappa shape index (κ2) is 5.68. The Morgan fingerprint density at radius 1 is 1.27 bits per heavy atom. The predicted octanol–water partition coefficient (Wildman–Crippen LogP) is 1.59. The number of piperidine rings is 1. The molecule has 0 aliphatic carbocycles. The third kappa shape index (κ3) is 2.59. The molecule has 2 atom stereocenters. The molecule has 1 aromatic carbocycles. The third-order valence-electron chi connectivity index (χ3n) is 4.58. The van der Waals surface area contributed by atoms with E-state index in [-0.39, 0.29) is 17.8 Å². The predicted molar refractivity (Wildman–Crippen MR) is 78.7 cm³/mol. The number of amides is 2. The van der Waals surface area contributed by atoms with Gasteiger partial charge < -0.3 is 15.3 Å². The van der Waals surface area contributed by atoms with Gasteiger partial charge in [0.05, 0.1) is 11.8 Å². The van der Waals surface area contributed by atoms with Crippen LogP contribution >= 0.6 is 0 Å². The molecule has 0 saturated carbocycles. The molecule has 2 aliphatic rings. The molecular weight excluding hydrogens is 287 g/mol. The van der Waals surface area contributed by atoms with E-state index in [2.05, 4.69) is 5.32 Å². The van der Waals surface area contributed by atoms with Crippen molar-refractivity contribution in [3.8, 4) is 0 Å². The van der Waals surface area contributed by atoms with Crippen LogP contribution in [-0.2, 0) is 9.59 Å². The zero-order chi connectivity index (χ0) is 15.9. The number of nitrogens with zero attached hydrogens (tertiary/aromatic N) is 1. The molecule has 2 heterocycles. The number of anilines is 1. The minimum atomic E-state index is -0.821. The van der Waals surface area contributed by atoms with E-state index >= 15 is 0 Å². The fraction of sp³-hybridized carbons (Fsp3) is 0.500. The zero-order valence-corrected chi connectivity index (χ0v) is 12.4. The summed E-state index contributed by atoms with van der Waals surface area (Å²) in [4.78, 5) is 26.1. The molecule has 5 nitrogen and oxygen atoms in total. The molecule has 1 aromatic rings. The number of rotatable bonds is 1. The SMILES string of the molecule is Cc1cccc(NC(=O)C(=O)N2C3CCC2CC(O)C3)c1F. The Morgan fingerprint density at radius 2 is 1.91 bits per heavy atom. The molecule has 118 valence electrons. The molecule has 0 aromatic heterocycles. The van der Waals surface area contributed by atoms with Crippen molar-refractivity contribution in [2.75, 3.05) is 5.32 Å². The van der Waals surface area contributed by atoms with Gasteiger partial charge in [-0.05, 0) is 44.2 Å². The van der Waals surface area contributed by atoms with Crippen LogP contribution in [0.5, 0.6) is 0 Å². The largest absolute Gasteiger partial charge is 0.393 e. The molecule has 2 saturated heterocycles. The molecular formula is C16H19FN2O3. The minimum absolute atomic E-state index is 0.0164. The number of carbonyl (C=O) groups is 2. The van der Waals surface area contributed by atoms with E-state index in [0.29, 0.717) is 18.4 Å². The summed E-state index contributed by atoms with van der Waals surface area (Å²) in [5, 5.41) is 12.1. The molecule has 22 heavy (non-hydrogen) atoms. The number of aryl methyl sites for hydroxylation is 1. The Kier molecular flexibility index (Phi) is 3.87. The Balaban J connectivity index is 1.73. The van der Waals surface area contributed by atoms with Crippen LogP contribution in [0.15, 0.2) is 18.2 Å². The smallest absolute Gasteiger partial charge is 0.314 e. The van der Waals surface area contributed by atoms with Gasteiger partial charge in [0.15, 0.2) is 0 Å². The highest BCUT2D eigenvalue weighted by Crippen LogP contribution is 2.35. The van der Waals surface area contributed by atoms with E-state index in [1.807, 2.05) is 0 Å². The van der Waals surface area contributed by atoms with E-state index in [1.165, 1.54) is 6.07 Å². The molecule has 2 unspecified atom stereocenters. The van der Waals surface area contributed by atoms with Crippen LogP contribution in [-0.4, -0.2) is 40.0 Å². The zero-order valence-electron chi connectivity index (χ0n) is 12.4. The number of benzene rings is 1. The van der Waals surface area contributed by atoms with Crippen molar-refractivity contribution >= 4 is 17.5 Å². The summed E-state index contributed by atoms with van der Waals surface area (Å²) in [5.41, 5.74) is 0.425. The molecule has 2 bridgehead atoms. The first-order chi connectivity index (χ1) is 10.5. The van der Waals surface area contributed by atoms with E-state index in [4.69, 9.17) is 0 Å². The Labute approximate surface area is 128 Å². The van der Waals surface area contributed by atoms with Gasteiger partial charge in [-0.2, -0.15) is 0 Å². The third-order valence-corrected chi connectivity index (χ3v) is 4.58. The number of aliphatic hydroxyl groups excluding tert-OH is 1. The Hall–Kier alpha value is -1.95. The molecule has 0 radical (unpaired) electrons. The fourth-order valence-electron chi connectivity index (χ4n) is 3.52. The lowest BCUT2D eigenvalue weighted by atomic mass is 10.00. The summed E-state index contributed by atoms with van der Waals surface area (Å²) >= 11 is 0. The van der Waals surface area contributed by atoms with Crippen molar-refractivity contribution in [2.45, 2.75) is 50.8 Å². The maximum Gasteiger partial charge on any atom is 0.314 e. The van der Waals surface area contributed by atoms with Gasteiger partial charge >= 0.3 is 11.8 Å². The molecule has 0 spiro atoms. The van der Waals surface area contributed by atoms with Crippen molar-refractivity contribution in [1.82, 2.24) is 4.90 Å². The highest BCUT2D eigenvalue weighted by Gasteiger charge is 2.44. The van der Waals surface area contributed by atoms with Gasteiger partial charge in [-0.3, -0.25) is 9.59 Å². The Bertz CT molecular complexity index is 605. The number of carbonyl (C=O) groups excluding carboxylic acids is 2. The molecule has 6 heteroatoms. The molecule has 3 rings (SSSR count). The van der Waals surface area contributed by atoms with Gasteiger partial charge in [0, 0.05) is 12.1 Å². The summed E-state index contributed by atoms with van der Waals surface area (Å²) in [7, 11) is 0. The number of nitrogens with one attached hydrogen (secondary N) is 1. The maximum absolute atomic E-state index is 13.9. The van der Waals surface area contributed by atoms with Gasteiger partial charge in [-0.15, -0.1) is 0 Å². The monoisotopic (exact) mass is 306 g/mol. The number of fused-ring (bicyclic) bond motifs is 2. The van der Waals surface area contributed by atoms with E-state index in [1.54, 1.807) is 24.0 Å². The van der Waals surface area contributed by atoms with Crippen LogP contribution in [0.25, 0.3) is 0 Å². The van der Waals surface area contributed by atoms with Crippen LogP contribution in [0.3, 0.4) is 0 Å². The van der Waals surface area contributed by atoms with E-state index in [0.717, 1.165) is 12.8 Å². The summed E-state index contributed by atoms with van der Waals surface area (Å²) in [6.07, 6.45) is 2.22. The highest BCUT2D eigenvalue weighted by molar-refractivity contribution is 6.39. The van der Waals surface area contributed by atoms with Crippen molar-refractivity contribution in [3.63, 3.8) is 0 Å². The van der Waals surface area contributed by atoms with E-state index in [9.17, 15) is 19.1 Å². The van der Waals surface area contributed by atoms with Crippen molar-refractivity contribution in [2.24, 2.45) is 0 Å². The highest BCUT2D eigenvalue weighted by atomic mass is 19.1. The second-order valence-electron chi connectivity index (χ2n) is 6.11. The van der Waals surface area contributed by atoms with Gasteiger partial charge in [-0.25, -0.2) is 4.39 Å². The minimum Gasteiger partial charge on any atom is -0.393 e. The normalized spacial score (nSPS) is 26.9. The maximum atomic E-state index is 13.9. The van der Waals surface area contributed by atoms with Crippen molar-refractivity contribution in [3.05, 3.63) is 29.6 Å². The second-order valence-corrected chi connectivity index (χ2v) is 6.11. The lowest BCUT2D eigenvalue weighted by Crippen LogP contribution is -2.51. The first-order valence-corrected chi connectivity index (χ1v) is 7.54. The van der Waals surface area contributed by atoms with Gasteiger partial charge in [0.25, 0.3) is 0 Å². The molecule has 2 N–H and O–H groups in total. The summed E-state index contributed by atoms with van der Waals surface area (Å²) < 4.78 is 13.9. The number of hydrogen-bond donors (Lipinski definition) is 2. The topological polar surface area (TPSA) is 69.6 Å². The average molecular weight is 306 g/mol. The molecule has 2 fully saturated rings. The van der Waals surface area contributed by atoms with E-state index < -0.39 is 23.7 Å².